The largest absolute Gasteiger partial charge is 0.423 e. The summed E-state index contributed by atoms with van der Waals surface area (Å²) in [5.74, 6) is -0.345. The van der Waals surface area contributed by atoms with E-state index < -0.39 is 0 Å². The number of fused-ring (bicyclic) bond motifs is 1. The van der Waals surface area contributed by atoms with Crippen LogP contribution in [0.2, 0.25) is 0 Å². The molecule has 1 aromatic carbocycles. The highest BCUT2D eigenvalue weighted by molar-refractivity contribution is 5.88. The maximum Gasteiger partial charge on any atom is 0.299 e. The van der Waals surface area contributed by atoms with Gasteiger partial charge in [0.25, 0.3) is 6.01 Å². The zero-order valence-electron chi connectivity index (χ0n) is 9.80. The zero-order chi connectivity index (χ0) is 12.7. The fourth-order valence-corrected chi connectivity index (χ4v) is 2.37. The molecule has 4 N–H and O–H groups in total. The Bertz CT molecular complexity index is 607. The molecule has 1 atom stereocenters. The van der Waals surface area contributed by atoms with Crippen LogP contribution in [0.3, 0.4) is 0 Å². The number of nitrogens with two attached hydrogens (primary N) is 2. The molecule has 2 heterocycles. The molecule has 0 aliphatic carbocycles. The van der Waals surface area contributed by atoms with Gasteiger partial charge in [0.05, 0.1) is 5.69 Å². The molecular formula is C12H14N4O2. The number of hydrogen-bond acceptors (Lipinski definition) is 5. The van der Waals surface area contributed by atoms with Crippen LogP contribution in [0.5, 0.6) is 0 Å². The van der Waals surface area contributed by atoms with Crippen molar-refractivity contribution in [3.63, 3.8) is 0 Å². The number of benzene rings is 1. The van der Waals surface area contributed by atoms with Gasteiger partial charge in [0.1, 0.15) is 11.6 Å². The smallest absolute Gasteiger partial charge is 0.299 e. The molecule has 6 heteroatoms. The predicted molar refractivity (Wildman–Crippen MR) is 68.0 cm³/mol. The molecule has 1 amide bonds. The normalized spacial score (nSPS) is 19.6. The van der Waals surface area contributed by atoms with Crippen LogP contribution < -0.4 is 16.4 Å². The van der Waals surface area contributed by atoms with E-state index in [-0.39, 0.29) is 11.9 Å². The number of para-hydroxylation sites is 1. The summed E-state index contributed by atoms with van der Waals surface area (Å²) in [6.07, 6.45) is 1.64. The molecule has 0 bridgehead atoms. The van der Waals surface area contributed by atoms with E-state index in [2.05, 4.69) is 4.98 Å². The number of nitrogens with zero attached hydrogens (tertiary/aromatic N) is 2. The van der Waals surface area contributed by atoms with E-state index in [1.165, 1.54) is 0 Å². The Morgan fingerprint density at radius 1 is 1.50 bits per heavy atom. The second-order valence-electron chi connectivity index (χ2n) is 4.44. The number of amides is 1. The summed E-state index contributed by atoms with van der Waals surface area (Å²) in [5, 5.41) is 0. The molecule has 0 saturated carbocycles. The van der Waals surface area contributed by atoms with E-state index in [9.17, 15) is 4.79 Å². The van der Waals surface area contributed by atoms with Crippen molar-refractivity contribution < 1.29 is 9.21 Å². The Balaban J connectivity index is 2.04. The fourth-order valence-electron chi connectivity index (χ4n) is 2.37. The van der Waals surface area contributed by atoms with E-state index in [0.717, 1.165) is 19.4 Å². The van der Waals surface area contributed by atoms with Crippen LogP contribution >= 0.6 is 0 Å². The monoisotopic (exact) mass is 246 g/mol. The Morgan fingerprint density at radius 2 is 2.33 bits per heavy atom. The molecule has 1 fully saturated rings. The lowest BCUT2D eigenvalue weighted by atomic mass is 10.2. The summed E-state index contributed by atoms with van der Waals surface area (Å²) in [5.41, 5.74) is 13.0. The van der Waals surface area contributed by atoms with E-state index in [4.69, 9.17) is 15.9 Å². The van der Waals surface area contributed by atoms with Crippen LogP contribution in [0.25, 0.3) is 11.1 Å². The molecule has 1 aliphatic rings. The number of aromatic nitrogens is 1. The van der Waals surface area contributed by atoms with Gasteiger partial charge in [0, 0.05) is 6.54 Å². The lowest BCUT2D eigenvalue weighted by Gasteiger charge is -2.19. The average Bonchev–Trinajstić information content (AvgIpc) is 2.95. The minimum atomic E-state index is -0.345. The summed E-state index contributed by atoms with van der Waals surface area (Å²) in [7, 11) is 0. The average molecular weight is 246 g/mol. The van der Waals surface area contributed by atoms with E-state index in [1.807, 2.05) is 11.0 Å². The summed E-state index contributed by atoms with van der Waals surface area (Å²) in [6.45, 7) is 0.723. The number of anilines is 2. The molecule has 2 aromatic rings. The molecular weight excluding hydrogens is 232 g/mol. The van der Waals surface area contributed by atoms with Crippen LogP contribution in [0.4, 0.5) is 11.7 Å². The molecule has 18 heavy (non-hydrogen) atoms. The molecule has 94 valence electrons. The Kier molecular flexibility index (Phi) is 2.36. The van der Waals surface area contributed by atoms with Gasteiger partial charge in [-0.2, -0.15) is 4.98 Å². The first kappa shape index (κ1) is 10.9. The van der Waals surface area contributed by atoms with Gasteiger partial charge in [-0.1, -0.05) is 6.07 Å². The van der Waals surface area contributed by atoms with Crippen LogP contribution in [0.15, 0.2) is 22.6 Å². The number of carbonyl (C=O) groups excluding carboxylic acids is 1. The van der Waals surface area contributed by atoms with Crippen molar-refractivity contribution in [2.75, 3.05) is 17.2 Å². The van der Waals surface area contributed by atoms with Crippen molar-refractivity contribution in [1.82, 2.24) is 4.98 Å². The highest BCUT2D eigenvalue weighted by Crippen LogP contribution is 2.30. The van der Waals surface area contributed by atoms with Crippen molar-refractivity contribution in [1.29, 1.82) is 0 Å². The minimum Gasteiger partial charge on any atom is -0.423 e. The van der Waals surface area contributed by atoms with Gasteiger partial charge in [0.15, 0.2) is 5.58 Å². The molecule has 1 aromatic heterocycles. The second kappa shape index (κ2) is 3.90. The highest BCUT2D eigenvalue weighted by atomic mass is 16.4. The number of carbonyl (C=O) groups is 1. The highest BCUT2D eigenvalue weighted by Gasteiger charge is 2.32. The summed E-state index contributed by atoms with van der Waals surface area (Å²) in [4.78, 5) is 17.5. The number of hydrogen-bond donors (Lipinski definition) is 2. The van der Waals surface area contributed by atoms with Gasteiger partial charge in [-0.15, -0.1) is 0 Å². The zero-order valence-corrected chi connectivity index (χ0v) is 9.80. The Hall–Kier alpha value is -2.24. The van der Waals surface area contributed by atoms with Gasteiger partial charge in [-0.05, 0) is 25.0 Å². The molecule has 1 unspecified atom stereocenters. The number of oxazole rings is 1. The lowest BCUT2D eigenvalue weighted by Crippen LogP contribution is -2.40. The van der Waals surface area contributed by atoms with Crippen molar-refractivity contribution in [3.8, 4) is 0 Å². The van der Waals surface area contributed by atoms with E-state index in [1.54, 1.807) is 12.1 Å². The fraction of sp³-hybridized carbons (Fsp3) is 0.333. The molecule has 0 radical (unpaired) electrons. The number of rotatable bonds is 2. The third-order valence-corrected chi connectivity index (χ3v) is 3.27. The summed E-state index contributed by atoms with van der Waals surface area (Å²) >= 11 is 0. The van der Waals surface area contributed by atoms with Gasteiger partial charge in [0.2, 0.25) is 5.91 Å². The van der Waals surface area contributed by atoms with Crippen molar-refractivity contribution in [3.05, 3.63) is 18.2 Å². The van der Waals surface area contributed by atoms with Gasteiger partial charge >= 0.3 is 0 Å². The SMILES string of the molecule is NC(=O)C1CCCN1c1nc2c(N)cccc2o1. The molecule has 1 aliphatic heterocycles. The van der Waals surface area contributed by atoms with Crippen molar-refractivity contribution in [2.45, 2.75) is 18.9 Å². The first-order valence-electron chi connectivity index (χ1n) is 5.88. The maximum atomic E-state index is 11.4. The summed E-state index contributed by atoms with van der Waals surface area (Å²) in [6, 6.07) is 5.47. The van der Waals surface area contributed by atoms with Crippen LogP contribution in [-0.4, -0.2) is 23.5 Å². The van der Waals surface area contributed by atoms with Gasteiger partial charge in [-0.25, -0.2) is 0 Å². The quantitative estimate of drug-likeness (QED) is 0.766. The number of nitrogen functional groups attached to an aromatic ring is 1. The topological polar surface area (TPSA) is 98.4 Å². The third kappa shape index (κ3) is 1.57. The van der Waals surface area contributed by atoms with Crippen molar-refractivity contribution in [2.24, 2.45) is 5.73 Å². The lowest BCUT2D eigenvalue weighted by molar-refractivity contribution is -0.119. The first-order valence-corrected chi connectivity index (χ1v) is 5.88. The molecule has 1 saturated heterocycles. The predicted octanol–water partition coefficient (Wildman–Crippen LogP) is 0.864. The van der Waals surface area contributed by atoms with Gasteiger partial charge in [-0.3, -0.25) is 4.79 Å². The summed E-state index contributed by atoms with van der Waals surface area (Å²) < 4.78 is 5.64. The van der Waals surface area contributed by atoms with Crippen molar-refractivity contribution >= 4 is 28.7 Å². The van der Waals surface area contributed by atoms with Gasteiger partial charge < -0.3 is 20.8 Å². The van der Waals surface area contributed by atoms with Crippen LogP contribution in [-0.2, 0) is 4.79 Å². The Labute approximate surface area is 104 Å². The number of primary amides is 1. The first-order chi connectivity index (χ1) is 8.66. The minimum absolute atomic E-state index is 0.334. The third-order valence-electron chi connectivity index (χ3n) is 3.27. The standard InChI is InChI=1S/C12H14N4O2/c13-7-3-1-5-9-10(7)15-12(18-9)16-6-2-4-8(16)11(14)17/h1,3,5,8H,2,4,6,13H2,(H2,14,17). The molecule has 0 spiro atoms. The molecule has 6 nitrogen and oxygen atoms in total. The van der Waals surface area contributed by atoms with Crippen LogP contribution in [0, 0.1) is 0 Å². The van der Waals surface area contributed by atoms with Crippen LogP contribution in [0.1, 0.15) is 12.8 Å². The van der Waals surface area contributed by atoms with E-state index in [0.29, 0.717) is 22.8 Å². The maximum absolute atomic E-state index is 11.4. The molecule has 3 rings (SSSR count). The van der Waals surface area contributed by atoms with E-state index >= 15 is 0 Å². The Morgan fingerprint density at radius 3 is 3.06 bits per heavy atom. The second-order valence-corrected chi connectivity index (χ2v) is 4.44.